The summed E-state index contributed by atoms with van der Waals surface area (Å²) in [6, 6.07) is 10.1. The molecule has 0 bridgehead atoms. The summed E-state index contributed by atoms with van der Waals surface area (Å²) in [7, 11) is 0. The molecule has 2 nitrogen and oxygen atoms in total. The van der Waals surface area contributed by atoms with Crippen LogP contribution in [0.4, 0.5) is 0 Å². The number of rotatable bonds is 0. The van der Waals surface area contributed by atoms with E-state index in [4.69, 9.17) is 0 Å². The zero-order valence-corrected chi connectivity index (χ0v) is 7.51. The van der Waals surface area contributed by atoms with Crippen molar-refractivity contribution in [3.8, 4) is 11.1 Å². The van der Waals surface area contributed by atoms with Crippen molar-refractivity contribution in [2.45, 2.75) is 0 Å². The molecule has 2 heteroatoms. The number of fused-ring (bicyclic) bond motifs is 3. The van der Waals surface area contributed by atoms with Crippen molar-refractivity contribution >= 4 is 10.9 Å². The lowest BCUT2D eigenvalue weighted by Crippen LogP contribution is -1.72. The molecule has 2 heterocycles. The summed E-state index contributed by atoms with van der Waals surface area (Å²) < 4.78 is 0. The van der Waals surface area contributed by atoms with Crippen LogP contribution in [-0.4, -0.2) is 9.97 Å². The summed E-state index contributed by atoms with van der Waals surface area (Å²) in [4.78, 5) is 8.52. The van der Waals surface area contributed by atoms with Gasteiger partial charge in [-0.1, -0.05) is 18.2 Å². The molecule has 0 saturated heterocycles. The van der Waals surface area contributed by atoms with E-state index in [1.807, 2.05) is 42.9 Å². The van der Waals surface area contributed by atoms with Crippen molar-refractivity contribution in [1.82, 2.24) is 9.97 Å². The van der Waals surface area contributed by atoms with E-state index in [9.17, 15) is 0 Å². The minimum atomic E-state index is 1.01. The van der Waals surface area contributed by atoms with Crippen molar-refractivity contribution in [3.63, 3.8) is 0 Å². The van der Waals surface area contributed by atoms with Crippen LogP contribution in [0.2, 0.25) is 0 Å². The first kappa shape index (κ1) is 7.44. The monoisotopic (exact) mass is 180 g/mol. The van der Waals surface area contributed by atoms with Crippen molar-refractivity contribution in [1.29, 1.82) is 0 Å². The maximum absolute atomic E-state index is 4.37. The second-order valence-corrected chi connectivity index (χ2v) is 3.24. The molecule has 14 heavy (non-hydrogen) atoms. The van der Waals surface area contributed by atoms with Crippen LogP contribution in [0.25, 0.3) is 22.0 Å². The molecule has 0 atom stereocenters. The summed E-state index contributed by atoms with van der Waals surface area (Å²) in [6.07, 6.45) is 5.58. The van der Waals surface area contributed by atoms with Crippen molar-refractivity contribution in [3.05, 3.63) is 48.9 Å². The molecule has 2 aliphatic heterocycles. The number of nitrogens with zero attached hydrogens (tertiary/aromatic N) is 2. The molecule has 1 aromatic carbocycles. The maximum Gasteiger partial charge on any atom is 0.0708 e. The third-order valence-corrected chi connectivity index (χ3v) is 2.39. The lowest BCUT2D eigenvalue weighted by Gasteiger charge is -1.94. The van der Waals surface area contributed by atoms with Crippen LogP contribution in [-0.2, 0) is 0 Å². The number of hydrogen-bond donors (Lipinski definition) is 0. The Balaban J connectivity index is 2.56. The second kappa shape index (κ2) is 2.77. The maximum atomic E-state index is 4.37. The van der Waals surface area contributed by atoms with Gasteiger partial charge < -0.3 is 0 Å². The van der Waals surface area contributed by atoms with Gasteiger partial charge >= 0.3 is 0 Å². The fourth-order valence-electron chi connectivity index (χ4n) is 1.71. The van der Waals surface area contributed by atoms with Crippen LogP contribution in [0.1, 0.15) is 0 Å². The van der Waals surface area contributed by atoms with Gasteiger partial charge in [0.25, 0.3) is 0 Å². The van der Waals surface area contributed by atoms with Crippen LogP contribution in [0, 0.1) is 0 Å². The first-order valence-corrected chi connectivity index (χ1v) is 4.52. The van der Waals surface area contributed by atoms with Gasteiger partial charge in [-0.2, -0.15) is 0 Å². The molecule has 2 aliphatic rings. The van der Waals surface area contributed by atoms with Gasteiger partial charge in [-0.25, -0.2) is 0 Å². The van der Waals surface area contributed by atoms with Gasteiger partial charge in [0.05, 0.1) is 5.52 Å². The van der Waals surface area contributed by atoms with Gasteiger partial charge in [-0.05, 0) is 12.1 Å². The van der Waals surface area contributed by atoms with Crippen LogP contribution in [0.5, 0.6) is 0 Å². The molecule has 0 unspecified atom stereocenters. The molecular formula is C12H8N2. The summed E-state index contributed by atoms with van der Waals surface area (Å²) in [5.41, 5.74) is 3.31. The van der Waals surface area contributed by atoms with Crippen LogP contribution in [0.3, 0.4) is 0 Å². The SMILES string of the molecule is c1ccc2c3cncc-3ccnc2c1. The van der Waals surface area contributed by atoms with E-state index in [1.54, 1.807) is 0 Å². The Morgan fingerprint density at radius 2 is 1.86 bits per heavy atom. The smallest absolute Gasteiger partial charge is 0.0708 e. The first-order chi connectivity index (χ1) is 6.95. The molecule has 0 saturated carbocycles. The first-order valence-electron chi connectivity index (χ1n) is 4.52. The summed E-state index contributed by atoms with van der Waals surface area (Å²) in [6.45, 7) is 0. The van der Waals surface area contributed by atoms with Gasteiger partial charge in [-0.15, -0.1) is 0 Å². The third kappa shape index (κ3) is 0.973. The van der Waals surface area contributed by atoms with Gasteiger partial charge in [0.15, 0.2) is 0 Å². The largest absolute Gasteiger partial charge is 0.263 e. The fraction of sp³-hybridized carbons (Fsp3) is 0. The molecule has 3 rings (SSSR count). The van der Waals surface area contributed by atoms with E-state index in [1.165, 1.54) is 0 Å². The lowest BCUT2D eigenvalue weighted by molar-refractivity contribution is 1.41. The van der Waals surface area contributed by atoms with Crippen LogP contribution >= 0.6 is 0 Å². The standard InChI is InChI=1S/C12H8N2/c1-2-4-12-10(3-1)11-8-13-7-9(11)5-6-14-12/h1-8H. The lowest BCUT2D eigenvalue weighted by atomic mass is 10.1. The predicted octanol–water partition coefficient (Wildman–Crippen LogP) is 2.73. The number of benzene rings is 1. The number of aromatic nitrogens is 2. The highest BCUT2D eigenvalue weighted by Crippen LogP contribution is 2.26. The topological polar surface area (TPSA) is 25.8 Å². The molecule has 1 aromatic rings. The minimum Gasteiger partial charge on any atom is -0.263 e. The Hall–Kier alpha value is -1.96. The van der Waals surface area contributed by atoms with Crippen LogP contribution < -0.4 is 0 Å². The Bertz CT molecular complexity index is 560. The molecule has 0 aliphatic carbocycles. The van der Waals surface area contributed by atoms with Gasteiger partial charge in [0.2, 0.25) is 0 Å². The summed E-state index contributed by atoms with van der Waals surface area (Å²) in [5.74, 6) is 0. The zero-order chi connectivity index (χ0) is 9.38. The molecule has 66 valence electrons. The van der Waals surface area contributed by atoms with Gasteiger partial charge in [-0.3, -0.25) is 9.97 Å². The highest BCUT2D eigenvalue weighted by Gasteiger charge is 2.05. The van der Waals surface area contributed by atoms with E-state index in [0.29, 0.717) is 0 Å². The Morgan fingerprint density at radius 1 is 0.929 bits per heavy atom. The van der Waals surface area contributed by atoms with E-state index >= 15 is 0 Å². The zero-order valence-electron chi connectivity index (χ0n) is 7.51. The quantitative estimate of drug-likeness (QED) is 0.531. The Morgan fingerprint density at radius 3 is 2.86 bits per heavy atom. The summed E-state index contributed by atoms with van der Waals surface area (Å²) in [5, 5.41) is 1.16. The molecule has 0 radical (unpaired) electrons. The normalized spacial score (nSPS) is 10.9. The molecule has 0 spiro atoms. The van der Waals surface area contributed by atoms with E-state index < -0.39 is 0 Å². The highest BCUT2D eigenvalue weighted by molar-refractivity contribution is 5.93. The molecule has 0 aromatic heterocycles. The fourth-order valence-corrected chi connectivity index (χ4v) is 1.71. The van der Waals surface area contributed by atoms with Crippen LogP contribution in [0.15, 0.2) is 48.9 Å². The third-order valence-electron chi connectivity index (χ3n) is 2.39. The van der Waals surface area contributed by atoms with Crippen molar-refractivity contribution < 1.29 is 0 Å². The Labute approximate surface area is 81.6 Å². The molecule has 0 N–H and O–H groups in total. The average molecular weight is 180 g/mol. The van der Waals surface area contributed by atoms with Crippen molar-refractivity contribution in [2.24, 2.45) is 0 Å². The second-order valence-electron chi connectivity index (χ2n) is 3.24. The number of hydrogen-bond acceptors (Lipinski definition) is 2. The van der Waals surface area contributed by atoms with E-state index in [0.717, 1.165) is 22.0 Å². The van der Waals surface area contributed by atoms with Crippen molar-refractivity contribution in [2.75, 3.05) is 0 Å². The molecule has 0 fully saturated rings. The summed E-state index contributed by atoms with van der Waals surface area (Å²) >= 11 is 0. The predicted molar refractivity (Wildman–Crippen MR) is 56.2 cm³/mol. The molecular weight excluding hydrogens is 172 g/mol. The average Bonchev–Trinajstić information content (AvgIpc) is 2.61. The van der Waals surface area contributed by atoms with E-state index in [-0.39, 0.29) is 0 Å². The number of para-hydroxylation sites is 1. The van der Waals surface area contributed by atoms with E-state index in [2.05, 4.69) is 16.0 Å². The highest BCUT2D eigenvalue weighted by atomic mass is 14.7. The van der Waals surface area contributed by atoms with Gasteiger partial charge in [0, 0.05) is 35.1 Å². The Kier molecular flexibility index (Phi) is 1.47. The minimum absolute atomic E-state index is 1.01. The van der Waals surface area contributed by atoms with Gasteiger partial charge in [0.1, 0.15) is 0 Å². The molecule has 0 amide bonds.